The summed E-state index contributed by atoms with van der Waals surface area (Å²) in [5.41, 5.74) is 5.89. The van der Waals surface area contributed by atoms with E-state index in [-0.39, 0.29) is 10.8 Å². The zero-order chi connectivity index (χ0) is 14.0. The molecule has 102 valence electrons. The predicted octanol–water partition coefficient (Wildman–Crippen LogP) is 0.723. The molecular formula is C9H12F3N3O2S. The maximum absolute atomic E-state index is 12.1. The van der Waals surface area contributed by atoms with Crippen LogP contribution >= 0.6 is 0 Å². The van der Waals surface area contributed by atoms with Gasteiger partial charge in [0.15, 0.2) is 5.03 Å². The standard InChI is InChI=1S/C9H12F3N3O2S/c1-15(6-9(10,11)12)18(16,17)8-3-2-7(4-13)5-14-8/h2-3,5H,4,6,13H2,1H3. The quantitative estimate of drug-likeness (QED) is 0.883. The van der Waals surface area contributed by atoms with Crippen molar-refractivity contribution < 1.29 is 21.6 Å². The van der Waals surface area contributed by atoms with E-state index in [0.717, 1.165) is 13.1 Å². The number of alkyl halides is 3. The largest absolute Gasteiger partial charge is 0.402 e. The SMILES string of the molecule is CN(CC(F)(F)F)S(=O)(=O)c1ccc(CN)cn1. The van der Waals surface area contributed by atoms with Gasteiger partial charge in [-0.15, -0.1) is 0 Å². The van der Waals surface area contributed by atoms with Crippen LogP contribution in [0.25, 0.3) is 0 Å². The van der Waals surface area contributed by atoms with Crippen LogP contribution in [-0.2, 0) is 16.6 Å². The Kier molecular flexibility index (Phi) is 4.30. The highest BCUT2D eigenvalue weighted by Gasteiger charge is 2.35. The van der Waals surface area contributed by atoms with E-state index in [1.54, 1.807) is 0 Å². The highest BCUT2D eigenvalue weighted by Crippen LogP contribution is 2.20. The van der Waals surface area contributed by atoms with E-state index in [1.807, 2.05) is 0 Å². The van der Waals surface area contributed by atoms with Gasteiger partial charge in [-0.2, -0.15) is 17.5 Å². The summed E-state index contributed by atoms with van der Waals surface area (Å²) in [6, 6.07) is 2.53. The van der Waals surface area contributed by atoms with E-state index in [4.69, 9.17) is 5.73 Å². The average molecular weight is 283 g/mol. The van der Waals surface area contributed by atoms with Crippen molar-refractivity contribution in [2.45, 2.75) is 17.7 Å². The van der Waals surface area contributed by atoms with Crippen molar-refractivity contribution >= 4 is 10.0 Å². The first-order chi connectivity index (χ1) is 8.16. The monoisotopic (exact) mass is 283 g/mol. The lowest BCUT2D eigenvalue weighted by atomic mass is 10.3. The summed E-state index contributed by atoms with van der Waals surface area (Å²) in [4.78, 5) is 3.60. The van der Waals surface area contributed by atoms with Crippen LogP contribution in [0.3, 0.4) is 0 Å². The summed E-state index contributed by atoms with van der Waals surface area (Å²) in [5.74, 6) is 0. The first-order valence-corrected chi connectivity index (χ1v) is 6.29. The first kappa shape index (κ1) is 14.9. The molecule has 0 aliphatic rings. The normalized spacial score (nSPS) is 13.0. The molecule has 0 fully saturated rings. The van der Waals surface area contributed by atoms with Gasteiger partial charge < -0.3 is 5.73 Å². The Morgan fingerprint density at radius 1 is 1.39 bits per heavy atom. The van der Waals surface area contributed by atoms with Crippen LogP contribution in [0.4, 0.5) is 13.2 Å². The molecule has 5 nitrogen and oxygen atoms in total. The minimum absolute atomic E-state index is 0.172. The van der Waals surface area contributed by atoms with Crippen LogP contribution in [0.2, 0.25) is 0 Å². The molecule has 0 aliphatic carbocycles. The molecule has 0 unspecified atom stereocenters. The number of halogens is 3. The summed E-state index contributed by atoms with van der Waals surface area (Å²) < 4.78 is 60.1. The maximum Gasteiger partial charge on any atom is 0.402 e. The lowest BCUT2D eigenvalue weighted by molar-refractivity contribution is -0.134. The van der Waals surface area contributed by atoms with E-state index in [2.05, 4.69) is 4.98 Å². The molecule has 0 atom stereocenters. The third-order valence-electron chi connectivity index (χ3n) is 2.11. The second kappa shape index (κ2) is 5.21. The number of nitrogens with two attached hydrogens (primary N) is 1. The average Bonchev–Trinajstić information content (AvgIpc) is 2.27. The molecule has 9 heteroatoms. The maximum atomic E-state index is 12.1. The second-order valence-electron chi connectivity index (χ2n) is 3.59. The predicted molar refractivity (Wildman–Crippen MR) is 58.0 cm³/mol. The molecular weight excluding hydrogens is 271 g/mol. The van der Waals surface area contributed by atoms with Gasteiger partial charge in [-0.25, -0.2) is 13.4 Å². The number of hydrogen-bond acceptors (Lipinski definition) is 4. The van der Waals surface area contributed by atoms with Gasteiger partial charge in [0.25, 0.3) is 10.0 Å². The van der Waals surface area contributed by atoms with Crippen molar-refractivity contribution in [3.05, 3.63) is 23.9 Å². The topological polar surface area (TPSA) is 76.3 Å². The van der Waals surface area contributed by atoms with Gasteiger partial charge in [-0.3, -0.25) is 0 Å². The molecule has 0 amide bonds. The number of sulfonamides is 1. The van der Waals surface area contributed by atoms with Gasteiger partial charge in [0.1, 0.15) is 6.54 Å². The number of nitrogens with zero attached hydrogens (tertiary/aromatic N) is 2. The molecule has 0 radical (unpaired) electrons. The Labute approximate surface area is 102 Å². The van der Waals surface area contributed by atoms with E-state index < -0.39 is 27.8 Å². The van der Waals surface area contributed by atoms with Crippen molar-refractivity contribution in [3.8, 4) is 0 Å². The second-order valence-corrected chi connectivity index (χ2v) is 5.58. The molecule has 0 aromatic carbocycles. The Morgan fingerprint density at radius 2 is 2.00 bits per heavy atom. The van der Waals surface area contributed by atoms with Gasteiger partial charge in [0.2, 0.25) is 0 Å². The lowest BCUT2D eigenvalue weighted by Crippen LogP contribution is -2.36. The molecule has 0 aliphatic heterocycles. The molecule has 1 aromatic rings. The van der Waals surface area contributed by atoms with Gasteiger partial charge in [-0.1, -0.05) is 6.07 Å². The minimum atomic E-state index is -4.60. The van der Waals surface area contributed by atoms with Gasteiger partial charge in [0.05, 0.1) is 0 Å². The Bertz CT molecular complexity index is 499. The molecule has 18 heavy (non-hydrogen) atoms. The summed E-state index contributed by atoms with van der Waals surface area (Å²) in [5, 5.41) is -0.438. The van der Waals surface area contributed by atoms with Gasteiger partial charge in [-0.05, 0) is 11.6 Å². The molecule has 0 saturated heterocycles. The Morgan fingerprint density at radius 3 is 2.39 bits per heavy atom. The third kappa shape index (κ3) is 3.65. The highest BCUT2D eigenvalue weighted by molar-refractivity contribution is 7.89. The van der Waals surface area contributed by atoms with Crippen molar-refractivity contribution in [1.29, 1.82) is 0 Å². The van der Waals surface area contributed by atoms with Crippen LogP contribution in [0.5, 0.6) is 0 Å². The fraction of sp³-hybridized carbons (Fsp3) is 0.444. The lowest BCUT2D eigenvalue weighted by Gasteiger charge is -2.18. The molecule has 0 spiro atoms. The molecule has 2 N–H and O–H groups in total. The fourth-order valence-electron chi connectivity index (χ4n) is 1.18. The van der Waals surface area contributed by atoms with E-state index in [9.17, 15) is 21.6 Å². The summed E-state index contributed by atoms with van der Waals surface area (Å²) in [6.45, 7) is -1.39. The Balaban J connectivity index is 2.98. The molecule has 1 aromatic heterocycles. The zero-order valence-corrected chi connectivity index (χ0v) is 10.3. The number of aromatic nitrogens is 1. The molecule has 1 rings (SSSR count). The summed E-state index contributed by atoms with van der Waals surface area (Å²) >= 11 is 0. The van der Waals surface area contributed by atoms with E-state index in [0.29, 0.717) is 5.56 Å². The van der Waals surface area contributed by atoms with E-state index >= 15 is 0 Å². The van der Waals surface area contributed by atoms with Crippen molar-refractivity contribution in [1.82, 2.24) is 9.29 Å². The first-order valence-electron chi connectivity index (χ1n) is 4.85. The zero-order valence-electron chi connectivity index (χ0n) is 9.48. The van der Waals surface area contributed by atoms with Crippen molar-refractivity contribution in [2.24, 2.45) is 5.73 Å². The van der Waals surface area contributed by atoms with E-state index in [1.165, 1.54) is 12.3 Å². The number of pyridine rings is 1. The molecule has 1 heterocycles. The summed E-state index contributed by atoms with van der Waals surface area (Å²) in [6.07, 6.45) is -3.38. The highest BCUT2D eigenvalue weighted by atomic mass is 32.2. The van der Waals surface area contributed by atoms with Crippen LogP contribution in [0, 0.1) is 0 Å². The van der Waals surface area contributed by atoms with Crippen LogP contribution in [-0.4, -0.2) is 37.5 Å². The Hall–Kier alpha value is -1.19. The van der Waals surface area contributed by atoms with Crippen LogP contribution in [0.1, 0.15) is 5.56 Å². The van der Waals surface area contributed by atoms with Crippen molar-refractivity contribution in [3.63, 3.8) is 0 Å². The molecule has 0 saturated carbocycles. The molecule has 0 bridgehead atoms. The van der Waals surface area contributed by atoms with Gasteiger partial charge >= 0.3 is 6.18 Å². The fourth-order valence-corrected chi connectivity index (χ4v) is 2.24. The van der Waals surface area contributed by atoms with Crippen LogP contribution in [0.15, 0.2) is 23.4 Å². The van der Waals surface area contributed by atoms with Crippen molar-refractivity contribution in [2.75, 3.05) is 13.6 Å². The summed E-state index contributed by atoms with van der Waals surface area (Å²) in [7, 11) is -3.39. The van der Waals surface area contributed by atoms with Crippen LogP contribution < -0.4 is 5.73 Å². The minimum Gasteiger partial charge on any atom is -0.326 e. The number of rotatable bonds is 4. The number of hydrogen-bond donors (Lipinski definition) is 1. The smallest absolute Gasteiger partial charge is 0.326 e. The van der Waals surface area contributed by atoms with Gasteiger partial charge in [0, 0.05) is 19.8 Å². The third-order valence-corrected chi connectivity index (χ3v) is 3.83.